The Morgan fingerprint density at radius 2 is 2.25 bits per heavy atom. The SMILES string of the molecule is CCNC(=O)C1CNCCN1Cc1ccc(O)c(O)c1. The van der Waals surface area contributed by atoms with Crippen LogP contribution >= 0.6 is 0 Å². The van der Waals surface area contributed by atoms with Gasteiger partial charge in [0.15, 0.2) is 11.5 Å². The van der Waals surface area contributed by atoms with Gasteiger partial charge >= 0.3 is 0 Å². The van der Waals surface area contributed by atoms with Crippen molar-refractivity contribution in [2.24, 2.45) is 0 Å². The molecule has 1 heterocycles. The number of phenolic OH excluding ortho intramolecular Hbond substituents is 2. The molecule has 6 heteroatoms. The van der Waals surface area contributed by atoms with E-state index in [1.165, 1.54) is 12.1 Å². The summed E-state index contributed by atoms with van der Waals surface area (Å²) in [5.74, 6) is -0.246. The molecular weight excluding hydrogens is 258 g/mol. The highest BCUT2D eigenvalue weighted by atomic mass is 16.3. The molecular formula is C14H21N3O3. The molecule has 0 aromatic heterocycles. The lowest BCUT2D eigenvalue weighted by molar-refractivity contribution is -0.127. The molecule has 1 atom stereocenters. The number of phenols is 2. The third kappa shape index (κ3) is 3.40. The molecule has 1 aromatic carbocycles. The highest BCUT2D eigenvalue weighted by Crippen LogP contribution is 2.25. The Morgan fingerprint density at radius 3 is 2.95 bits per heavy atom. The van der Waals surface area contributed by atoms with Crippen molar-refractivity contribution in [3.63, 3.8) is 0 Å². The Kier molecular flexibility index (Phi) is 4.81. The summed E-state index contributed by atoms with van der Waals surface area (Å²) in [7, 11) is 0. The maximum atomic E-state index is 12.0. The topological polar surface area (TPSA) is 84.8 Å². The molecule has 1 aliphatic rings. The standard InChI is InChI=1S/C14H21N3O3/c1-2-16-14(20)11-8-15-5-6-17(11)9-10-3-4-12(18)13(19)7-10/h3-4,7,11,15,18-19H,2,5-6,8-9H2,1H3,(H,16,20). The van der Waals surface area contributed by atoms with E-state index in [4.69, 9.17) is 0 Å². The molecule has 0 bridgehead atoms. The molecule has 0 saturated carbocycles. The number of benzene rings is 1. The van der Waals surface area contributed by atoms with E-state index in [2.05, 4.69) is 15.5 Å². The van der Waals surface area contributed by atoms with Crippen LogP contribution in [0, 0.1) is 0 Å². The Hall–Kier alpha value is -1.79. The van der Waals surface area contributed by atoms with E-state index >= 15 is 0 Å². The summed E-state index contributed by atoms with van der Waals surface area (Å²) in [5, 5.41) is 24.9. The van der Waals surface area contributed by atoms with Crippen molar-refractivity contribution in [3.05, 3.63) is 23.8 Å². The van der Waals surface area contributed by atoms with Crippen LogP contribution in [-0.4, -0.2) is 53.2 Å². The van der Waals surface area contributed by atoms with E-state index in [0.717, 1.165) is 18.7 Å². The predicted molar refractivity (Wildman–Crippen MR) is 75.5 cm³/mol. The van der Waals surface area contributed by atoms with Gasteiger partial charge in [0.05, 0.1) is 0 Å². The van der Waals surface area contributed by atoms with E-state index < -0.39 is 0 Å². The number of nitrogens with one attached hydrogen (secondary N) is 2. The molecule has 2 rings (SSSR count). The van der Waals surface area contributed by atoms with Crippen LogP contribution in [0.2, 0.25) is 0 Å². The van der Waals surface area contributed by atoms with E-state index in [9.17, 15) is 15.0 Å². The summed E-state index contributed by atoms with van der Waals surface area (Å²) < 4.78 is 0. The van der Waals surface area contributed by atoms with Gasteiger partial charge < -0.3 is 20.8 Å². The average molecular weight is 279 g/mol. The van der Waals surface area contributed by atoms with Gasteiger partial charge in [-0.15, -0.1) is 0 Å². The second-order valence-electron chi connectivity index (χ2n) is 4.91. The first-order valence-corrected chi connectivity index (χ1v) is 6.85. The van der Waals surface area contributed by atoms with Gasteiger partial charge in [-0.25, -0.2) is 0 Å². The van der Waals surface area contributed by atoms with Crippen molar-refractivity contribution in [1.82, 2.24) is 15.5 Å². The smallest absolute Gasteiger partial charge is 0.238 e. The maximum absolute atomic E-state index is 12.0. The fraction of sp³-hybridized carbons (Fsp3) is 0.500. The average Bonchev–Trinajstić information content (AvgIpc) is 2.44. The molecule has 0 radical (unpaired) electrons. The van der Waals surface area contributed by atoms with Crippen molar-refractivity contribution in [2.75, 3.05) is 26.2 Å². The number of aromatic hydroxyl groups is 2. The summed E-state index contributed by atoms with van der Waals surface area (Å²) >= 11 is 0. The summed E-state index contributed by atoms with van der Waals surface area (Å²) in [6.07, 6.45) is 0. The Bertz CT molecular complexity index is 479. The minimum absolute atomic E-state index is 0.0164. The van der Waals surface area contributed by atoms with Gasteiger partial charge in [-0.05, 0) is 24.6 Å². The van der Waals surface area contributed by atoms with E-state index in [1.54, 1.807) is 6.07 Å². The van der Waals surface area contributed by atoms with Gasteiger partial charge in [-0.2, -0.15) is 0 Å². The Morgan fingerprint density at radius 1 is 1.45 bits per heavy atom. The fourth-order valence-corrected chi connectivity index (χ4v) is 2.39. The van der Waals surface area contributed by atoms with Crippen LogP contribution < -0.4 is 10.6 Å². The molecule has 4 N–H and O–H groups in total. The highest BCUT2D eigenvalue weighted by molar-refractivity contribution is 5.82. The number of rotatable bonds is 4. The van der Waals surface area contributed by atoms with Crippen molar-refractivity contribution in [1.29, 1.82) is 0 Å². The predicted octanol–water partition coefficient (Wildman–Crippen LogP) is 0.00770. The third-order valence-corrected chi connectivity index (χ3v) is 3.43. The normalized spacial score (nSPS) is 19.8. The van der Waals surface area contributed by atoms with Crippen molar-refractivity contribution in [2.45, 2.75) is 19.5 Å². The van der Waals surface area contributed by atoms with E-state index in [1.807, 2.05) is 6.92 Å². The van der Waals surface area contributed by atoms with Crippen LogP contribution in [0.1, 0.15) is 12.5 Å². The minimum Gasteiger partial charge on any atom is -0.504 e. The summed E-state index contributed by atoms with van der Waals surface area (Å²) in [6.45, 7) is 5.30. The molecule has 1 unspecified atom stereocenters. The number of carbonyl (C=O) groups excluding carboxylic acids is 1. The van der Waals surface area contributed by atoms with Crippen molar-refractivity contribution < 1.29 is 15.0 Å². The van der Waals surface area contributed by atoms with Crippen LogP contribution in [-0.2, 0) is 11.3 Å². The second kappa shape index (κ2) is 6.58. The molecule has 110 valence electrons. The summed E-state index contributed by atoms with van der Waals surface area (Å²) in [5.41, 5.74) is 0.872. The fourth-order valence-electron chi connectivity index (χ4n) is 2.39. The van der Waals surface area contributed by atoms with Crippen LogP contribution in [0.15, 0.2) is 18.2 Å². The first kappa shape index (κ1) is 14.6. The van der Waals surface area contributed by atoms with Gasteiger partial charge in [-0.1, -0.05) is 6.07 Å². The minimum atomic E-state index is -0.209. The lowest BCUT2D eigenvalue weighted by Crippen LogP contribution is -2.57. The zero-order valence-corrected chi connectivity index (χ0v) is 11.6. The number of piperazine rings is 1. The van der Waals surface area contributed by atoms with Gasteiger partial charge in [0, 0.05) is 32.7 Å². The largest absolute Gasteiger partial charge is 0.504 e. The molecule has 1 amide bonds. The van der Waals surface area contributed by atoms with E-state index in [-0.39, 0.29) is 23.4 Å². The molecule has 1 saturated heterocycles. The first-order chi connectivity index (χ1) is 9.61. The van der Waals surface area contributed by atoms with Crippen LogP contribution in [0.3, 0.4) is 0 Å². The first-order valence-electron chi connectivity index (χ1n) is 6.85. The second-order valence-corrected chi connectivity index (χ2v) is 4.91. The zero-order valence-electron chi connectivity index (χ0n) is 11.6. The lowest BCUT2D eigenvalue weighted by atomic mass is 10.1. The molecule has 1 aromatic rings. The lowest BCUT2D eigenvalue weighted by Gasteiger charge is -2.35. The number of hydrogen-bond donors (Lipinski definition) is 4. The van der Waals surface area contributed by atoms with Gasteiger partial charge in [0.25, 0.3) is 0 Å². The number of carbonyl (C=O) groups is 1. The highest BCUT2D eigenvalue weighted by Gasteiger charge is 2.28. The molecule has 1 aliphatic heterocycles. The Balaban J connectivity index is 2.08. The van der Waals surface area contributed by atoms with Crippen molar-refractivity contribution in [3.8, 4) is 11.5 Å². The molecule has 20 heavy (non-hydrogen) atoms. The zero-order chi connectivity index (χ0) is 14.5. The van der Waals surface area contributed by atoms with Crippen LogP contribution in [0.5, 0.6) is 11.5 Å². The maximum Gasteiger partial charge on any atom is 0.238 e. The third-order valence-electron chi connectivity index (χ3n) is 3.43. The van der Waals surface area contributed by atoms with Crippen LogP contribution in [0.25, 0.3) is 0 Å². The monoisotopic (exact) mass is 279 g/mol. The van der Waals surface area contributed by atoms with Crippen molar-refractivity contribution >= 4 is 5.91 Å². The number of likely N-dealkylation sites (N-methyl/N-ethyl adjacent to an activating group) is 1. The number of hydrogen-bond acceptors (Lipinski definition) is 5. The summed E-state index contributed by atoms with van der Waals surface area (Å²) in [6, 6.07) is 4.55. The van der Waals surface area contributed by atoms with Gasteiger partial charge in [-0.3, -0.25) is 9.69 Å². The van der Waals surface area contributed by atoms with Gasteiger partial charge in [0.2, 0.25) is 5.91 Å². The van der Waals surface area contributed by atoms with Crippen LogP contribution in [0.4, 0.5) is 0 Å². The Labute approximate surface area is 118 Å². The number of nitrogens with zero attached hydrogens (tertiary/aromatic N) is 1. The molecule has 1 fully saturated rings. The number of amides is 1. The van der Waals surface area contributed by atoms with Gasteiger partial charge in [0.1, 0.15) is 6.04 Å². The molecule has 0 aliphatic carbocycles. The summed E-state index contributed by atoms with van der Waals surface area (Å²) in [4.78, 5) is 14.1. The molecule has 0 spiro atoms. The van der Waals surface area contributed by atoms with E-state index in [0.29, 0.717) is 19.6 Å². The quantitative estimate of drug-likeness (QED) is 0.583. The molecule has 6 nitrogen and oxygen atoms in total.